The molecule has 0 bridgehead atoms. The van der Waals surface area contributed by atoms with Crippen molar-refractivity contribution >= 4 is 0 Å². The van der Waals surface area contributed by atoms with Crippen LogP contribution in [0.5, 0.6) is 0 Å². The lowest BCUT2D eigenvalue weighted by molar-refractivity contribution is -0.140. The van der Waals surface area contributed by atoms with Crippen LogP contribution in [0.15, 0.2) is 18.2 Å². The van der Waals surface area contributed by atoms with Crippen molar-refractivity contribution in [3.05, 3.63) is 35.1 Å². The summed E-state index contributed by atoms with van der Waals surface area (Å²) in [4.78, 5) is 0. The molecule has 1 atom stereocenters. The quantitative estimate of drug-likeness (QED) is 0.779. The molecule has 5 heteroatoms. The van der Waals surface area contributed by atoms with Crippen molar-refractivity contribution in [1.29, 1.82) is 0 Å². The molecule has 0 spiro atoms. The molecular formula is C11H11F4N. The van der Waals surface area contributed by atoms with Crippen LogP contribution in [0.4, 0.5) is 17.6 Å². The van der Waals surface area contributed by atoms with Crippen molar-refractivity contribution in [3.63, 3.8) is 0 Å². The highest BCUT2D eigenvalue weighted by molar-refractivity contribution is 5.30. The molecule has 1 aromatic rings. The Kier molecular flexibility index (Phi) is 2.66. The molecule has 0 aromatic heterocycles. The first kappa shape index (κ1) is 11.4. The van der Waals surface area contributed by atoms with E-state index in [1.807, 2.05) is 0 Å². The van der Waals surface area contributed by atoms with Crippen molar-refractivity contribution in [3.8, 4) is 0 Å². The number of halogens is 4. The van der Waals surface area contributed by atoms with Gasteiger partial charge in [0.1, 0.15) is 5.82 Å². The van der Waals surface area contributed by atoms with Crippen molar-refractivity contribution in [1.82, 2.24) is 0 Å². The van der Waals surface area contributed by atoms with E-state index < -0.39 is 23.6 Å². The molecule has 1 aromatic carbocycles. The van der Waals surface area contributed by atoms with E-state index in [1.54, 1.807) is 0 Å². The Bertz CT molecular complexity index is 395. The maximum Gasteiger partial charge on any atom is 0.419 e. The van der Waals surface area contributed by atoms with Gasteiger partial charge in [-0.3, -0.25) is 0 Å². The second-order valence-corrected chi connectivity index (χ2v) is 4.10. The van der Waals surface area contributed by atoms with Gasteiger partial charge in [0.25, 0.3) is 0 Å². The average Bonchev–Trinajstić information content (AvgIpc) is 2.98. The summed E-state index contributed by atoms with van der Waals surface area (Å²) in [6, 6.07) is 2.56. The summed E-state index contributed by atoms with van der Waals surface area (Å²) in [6.07, 6.45) is -2.80. The van der Waals surface area contributed by atoms with E-state index in [0.717, 1.165) is 25.0 Å². The van der Waals surface area contributed by atoms with Crippen LogP contribution in [0.25, 0.3) is 0 Å². The molecule has 1 aliphatic carbocycles. The van der Waals surface area contributed by atoms with Crippen molar-refractivity contribution < 1.29 is 17.6 Å². The Labute approximate surface area is 90.3 Å². The lowest BCUT2D eigenvalue weighted by Crippen LogP contribution is -2.15. The number of rotatable bonds is 2. The van der Waals surface area contributed by atoms with Gasteiger partial charge in [-0.25, -0.2) is 4.39 Å². The van der Waals surface area contributed by atoms with Crippen molar-refractivity contribution in [2.24, 2.45) is 11.7 Å². The smallest absolute Gasteiger partial charge is 0.324 e. The van der Waals surface area contributed by atoms with Gasteiger partial charge in [-0.2, -0.15) is 13.2 Å². The highest BCUT2D eigenvalue weighted by atomic mass is 19.4. The maximum absolute atomic E-state index is 13.0. The molecular weight excluding hydrogens is 222 g/mol. The van der Waals surface area contributed by atoms with Crippen LogP contribution in [0.1, 0.15) is 30.0 Å². The summed E-state index contributed by atoms with van der Waals surface area (Å²) in [7, 11) is 0. The third-order valence-corrected chi connectivity index (χ3v) is 2.81. The van der Waals surface area contributed by atoms with Gasteiger partial charge in [-0.05, 0) is 36.5 Å². The first-order valence-electron chi connectivity index (χ1n) is 5.02. The summed E-state index contributed by atoms with van der Waals surface area (Å²) in [5.74, 6) is -1.01. The van der Waals surface area contributed by atoms with Gasteiger partial charge in [-0.1, -0.05) is 6.07 Å². The fourth-order valence-corrected chi connectivity index (χ4v) is 1.69. The predicted molar refractivity (Wildman–Crippen MR) is 51.1 cm³/mol. The van der Waals surface area contributed by atoms with E-state index in [0.29, 0.717) is 5.56 Å². The van der Waals surface area contributed by atoms with Crippen LogP contribution < -0.4 is 5.73 Å². The summed E-state index contributed by atoms with van der Waals surface area (Å²) < 4.78 is 50.3. The van der Waals surface area contributed by atoms with Gasteiger partial charge in [-0.15, -0.1) is 0 Å². The predicted octanol–water partition coefficient (Wildman–Crippen LogP) is 3.25. The van der Waals surface area contributed by atoms with Crippen LogP contribution in [-0.2, 0) is 6.18 Å². The van der Waals surface area contributed by atoms with E-state index in [1.165, 1.54) is 6.07 Å². The molecule has 0 radical (unpaired) electrons. The maximum atomic E-state index is 13.0. The molecule has 1 nitrogen and oxygen atoms in total. The molecule has 0 heterocycles. The van der Waals surface area contributed by atoms with Gasteiger partial charge in [0.05, 0.1) is 5.56 Å². The molecule has 1 unspecified atom stereocenters. The van der Waals surface area contributed by atoms with Crippen molar-refractivity contribution in [2.45, 2.75) is 25.1 Å². The normalized spacial score (nSPS) is 18.6. The first-order valence-corrected chi connectivity index (χ1v) is 5.02. The molecule has 2 N–H and O–H groups in total. The van der Waals surface area contributed by atoms with Crippen LogP contribution in [-0.4, -0.2) is 0 Å². The van der Waals surface area contributed by atoms with Gasteiger partial charge in [0.2, 0.25) is 0 Å². The van der Waals surface area contributed by atoms with E-state index in [9.17, 15) is 17.6 Å². The number of benzene rings is 1. The van der Waals surface area contributed by atoms with E-state index in [4.69, 9.17) is 5.73 Å². The lowest BCUT2D eigenvalue weighted by Gasteiger charge is -2.14. The Morgan fingerprint density at radius 1 is 1.25 bits per heavy atom. The SMILES string of the molecule is NC(c1ccc(F)c(C(F)(F)F)c1)C1CC1. The molecule has 0 aliphatic heterocycles. The third-order valence-electron chi connectivity index (χ3n) is 2.81. The molecule has 1 fully saturated rings. The fourth-order valence-electron chi connectivity index (χ4n) is 1.69. The molecule has 16 heavy (non-hydrogen) atoms. The standard InChI is InChI=1S/C11H11F4N/c12-9-4-3-7(10(16)6-1-2-6)5-8(9)11(13,14)15/h3-6,10H,1-2,16H2. The van der Waals surface area contributed by atoms with Crippen LogP contribution in [0.2, 0.25) is 0 Å². The van der Waals surface area contributed by atoms with Gasteiger partial charge in [0.15, 0.2) is 0 Å². The average molecular weight is 233 g/mol. The Balaban J connectivity index is 2.34. The Morgan fingerprint density at radius 3 is 2.38 bits per heavy atom. The van der Waals surface area contributed by atoms with Gasteiger partial charge in [0, 0.05) is 6.04 Å². The van der Waals surface area contributed by atoms with E-state index in [-0.39, 0.29) is 5.92 Å². The number of hydrogen-bond acceptors (Lipinski definition) is 1. The molecule has 2 rings (SSSR count). The van der Waals surface area contributed by atoms with Crippen LogP contribution in [0.3, 0.4) is 0 Å². The number of alkyl halides is 3. The molecule has 0 saturated heterocycles. The minimum absolute atomic E-state index is 0.242. The van der Waals surface area contributed by atoms with E-state index in [2.05, 4.69) is 0 Å². The van der Waals surface area contributed by atoms with E-state index >= 15 is 0 Å². The Hall–Kier alpha value is -1.10. The molecule has 88 valence electrons. The van der Waals surface area contributed by atoms with Crippen molar-refractivity contribution in [2.75, 3.05) is 0 Å². The highest BCUT2D eigenvalue weighted by Gasteiger charge is 2.36. The third kappa shape index (κ3) is 2.19. The lowest BCUT2D eigenvalue weighted by atomic mass is 10.0. The highest BCUT2D eigenvalue weighted by Crippen LogP contribution is 2.41. The van der Waals surface area contributed by atoms with Gasteiger partial charge < -0.3 is 5.73 Å². The summed E-state index contributed by atoms with van der Waals surface area (Å²) in [6.45, 7) is 0. The minimum Gasteiger partial charge on any atom is -0.324 e. The first-order chi connectivity index (χ1) is 7.39. The topological polar surface area (TPSA) is 26.0 Å². The number of hydrogen-bond donors (Lipinski definition) is 1. The van der Waals surface area contributed by atoms with Gasteiger partial charge >= 0.3 is 6.18 Å². The molecule has 1 saturated carbocycles. The second-order valence-electron chi connectivity index (χ2n) is 4.10. The summed E-state index contributed by atoms with van der Waals surface area (Å²) in [5.41, 5.74) is 4.90. The zero-order chi connectivity index (χ0) is 11.9. The Morgan fingerprint density at radius 2 is 1.88 bits per heavy atom. The monoisotopic (exact) mass is 233 g/mol. The second kappa shape index (κ2) is 3.73. The van der Waals surface area contributed by atoms with Crippen LogP contribution >= 0.6 is 0 Å². The summed E-state index contributed by atoms with van der Waals surface area (Å²) in [5, 5.41) is 0. The minimum atomic E-state index is -4.66. The zero-order valence-corrected chi connectivity index (χ0v) is 8.39. The fraction of sp³-hybridized carbons (Fsp3) is 0.455. The molecule has 0 amide bonds. The largest absolute Gasteiger partial charge is 0.419 e. The summed E-state index contributed by atoms with van der Waals surface area (Å²) >= 11 is 0. The van der Waals surface area contributed by atoms with Crippen LogP contribution in [0, 0.1) is 11.7 Å². The number of nitrogens with two attached hydrogens (primary N) is 1. The molecule has 1 aliphatic rings. The zero-order valence-electron chi connectivity index (χ0n) is 8.39.